The van der Waals surface area contributed by atoms with Crippen LogP contribution in [-0.2, 0) is 4.74 Å². The molecule has 0 aliphatic rings. The molecule has 4 nitrogen and oxygen atoms in total. The Balaban J connectivity index is 1.70. The van der Waals surface area contributed by atoms with Crippen LogP contribution in [-0.4, -0.2) is 18.7 Å². The van der Waals surface area contributed by atoms with Gasteiger partial charge >= 0.3 is 5.97 Å². The number of esters is 1. The van der Waals surface area contributed by atoms with Gasteiger partial charge in [0.05, 0.1) is 18.3 Å². The number of benzene rings is 4. The van der Waals surface area contributed by atoms with Gasteiger partial charge in [0.1, 0.15) is 11.6 Å². The van der Waals surface area contributed by atoms with E-state index in [2.05, 4.69) is 49.5 Å². The molecule has 0 amide bonds. The van der Waals surface area contributed by atoms with Crippen molar-refractivity contribution >= 4 is 16.7 Å². The van der Waals surface area contributed by atoms with Crippen molar-refractivity contribution in [3.8, 4) is 16.9 Å². The minimum atomic E-state index is -0.659. The Kier molecular flexibility index (Phi) is 8.24. The molecule has 0 aliphatic carbocycles. The maximum absolute atomic E-state index is 14.6. The topological polar surface area (TPSA) is 47.6 Å². The Labute approximate surface area is 218 Å². The second-order valence-electron chi connectivity index (χ2n) is 9.55. The molecule has 2 atom stereocenters. The number of hydrogen-bond acceptors (Lipinski definition) is 4. The number of ether oxygens (including phenoxy) is 2. The van der Waals surface area contributed by atoms with E-state index in [4.69, 9.17) is 9.47 Å². The van der Waals surface area contributed by atoms with Crippen LogP contribution in [0.5, 0.6) is 5.75 Å². The van der Waals surface area contributed by atoms with Crippen molar-refractivity contribution in [2.75, 3.05) is 6.61 Å². The normalized spacial score (nSPS) is 12.9. The van der Waals surface area contributed by atoms with Crippen molar-refractivity contribution < 1.29 is 18.7 Å². The molecule has 4 rings (SSSR count). The number of halogens is 1. The van der Waals surface area contributed by atoms with Crippen molar-refractivity contribution in [3.05, 3.63) is 101 Å². The van der Waals surface area contributed by atoms with Crippen molar-refractivity contribution in [3.63, 3.8) is 0 Å². The maximum Gasteiger partial charge on any atom is 0.341 e. The summed E-state index contributed by atoms with van der Waals surface area (Å²) in [6, 6.07) is 25.3. The highest BCUT2D eigenvalue weighted by Gasteiger charge is 2.19. The van der Waals surface area contributed by atoms with Crippen LogP contribution in [0.2, 0.25) is 0 Å². The molecule has 192 valence electrons. The van der Waals surface area contributed by atoms with Crippen LogP contribution < -0.4 is 10.1 Å². The van der Waals surface area contributed by atoms with Gasteiger partial charge in [-0.1, -0.05) is 42.5 Å². The third-order valence-corrected chi connectivity index (χ3v) is 6.39. The monoisotopic (exact) mass is 499 g/mol. The van der Waals surface area contributed by atoms with Gasteiger partial charge in [-0.15, -0.1) is 0 Å². The fourth-order valence-electron chi connectivity index (χ4n) is 4.56. The average molecular weight is 500 g/mol. The number of carbonyl (C=O) groups excluding carboxylic acids is 1. The lowest BCUT2D eigenvalue weighted by molar-refractivity contribution is 0.0372. The minimum absolute atomic E-state index is 0.0277. The SMILES string of the molecule is CCOc1cccc([C@@H](C)NC(C)c2cc(-c3ccc(F)c(C(=O)OC(C)C)c3)c3ccccc3c2)c1. The lowest BCUT2D eigenvalue weighted by Crippen LogP contribution is -2.22. The highest BCUT2D eigenvalue weighted by molar-refractivity contribution is 5.99. The molecule has 4 aromatic rings. The molecule has 0 saturated carbocycles. The predicted molar refractivity (Wildman–Crippen MR) is 147 cm³/mol. The first kappa shape index (κ1) is 26.4. The number of rotatable bonds is 9. The Hall–Kier alpha value is -3.70. The lowest BCUT2D eigenvalue weighted by Gasteiger charge is -2.23. The van der Waals surface area contributed by atoms with Gasteiger partial charge in [-0.3, -0.25) is 0 Å². The fraction of sp³-hybridized carbons (Fsp3) is 0.281. The van der Waals surface area contributed by atoms with Crippen molar-refractivity contribution in [1.29, 1.82) is 0 Å². The van der Waals surface area contributed by atoms with Crippen LogP contribution in [0.3, 0.4) is 0 Å². The van der Waals surface area contributed by atoms with E-state index in [9.17, 15) is 9.18 Å². The van der Waals surface area contributed by atoms with Crippen LogP contribution in [0, 0.1) is 5.82 Å². The zero-order valence-electron chi connectivity index (χ0n) is 22.0. The molecule has 37 heavy (non-hydrogen) atoms. The summed E-state index contributed by atoms with van der Waals surface area (Å²) in [6.45, 7) is 10.4. The van der Waals surface area contributed by atoms with E-state index in [1.807, 2.05) is 37.3 Å². The molecule has 0 saturated heterocycles. The zero-order valence-corrected chi connectivity index (χ0v) is 22.0. The van der Waals surface area contributed by atoms with Gasteiger partial charge in [0.25, 0.3) is 0 Å². The van der Waals surface area contributed by atoms with Gasteiger partial charge in [0, 0.05) is 12.1 Å². The van der Waals surface area contributed by atoms with E-state index >= 15 is 0 Å². The minimum Gasteiger partial charge on any atom is -0.494 e. The van der Waals surface area contributed by atoms with Gasteiger partial charge < -0.3 is 14.8 Å². The molecule has 0 aliphatic heterocycles. The largest absolute Gasteiger partial charge is 0.494 e. The summed E-state index contributed by atoms with van der Waals surface area (Å²) in [5, 5.41) is 5.80. The van der Waals surface area contributed by atoms with Gasteiger partial charge in [-0.2, -0.15) is 0 Å². The standard InChI is InChI=1S/C32H34FNO3/c1-6-36-27-12-9-11-23(17-27)21(4)34-22(5)26-16-24-10-7-8-13-28(24)29(19-26)25-14-15-31(33)30(18-25)32(35)37-20(2)3/h7-22,34H,6H2,1-5H3/t21-,22?/m1/s1. The average Bonchev–Trinajstić information content (AvgIpc) is 2.88. The summed E-state index contributed by atoms with van der Waals surface area (Å²) in [7, 11) is 0. The van der Waals surface area contributed by atoms with Crippen molar-refractivity contribution in [2.45, 2.75) is 52.8 Å². The van der Waals surface area contributed by atoms with Crippen LogP contribution in [0.15, 0.2) is 78.9 Å². The maximum atomic E-state index is 14.6. The van der Waals surface area contributed by atoms with E-state index in [-0.39, 0.29) is 23.8 Å². The van der Waals surface area contributed by atoms with E-state index in [0.29, 0.717) is 6.61 Å². The molecule has 0 spiro atoms. The van der Waals surface area contributed by atoms with Gasteiger partial charge in [0.15, 0.2) is 0 Å². The number of hydrogen-bond donors (Lipinski definition) is 1. The smallest absolute Gasteiger partial charge is 0.341 e. The fourth-order valence-corrected chi connectivity index (χ4v) is 4.56. The van der Waals surface area contributed by atoms with E-state index in [1.165, 1.54) is 6.07 Å². The third-order valence-electron chi connectivity index (χ3n) is 6.39. The summed E-state index contributed by atoms with van der Waals surface area (Å²) >= 11 is 0. The van der Waals surface area contributed by atoms with Crippen molar-refractivity contribution in [2.24, 2.45) is 0 Å². The van der Waals surface area contributed by atoms with Crippen molar-refractivity contribution in [1.82, 2.24) is 5.32 Å². The van der Waals surface area contributed by atoms with Crippen LogP contribution in [0.25, 0.3) is 21.9 Å². The van der Waals surface area contributed by atoms with E-state index in [0.717, 1.165) is 38.8 Å². The molecule has 5 heteroatoms. The second kappa shape index (κ2) is 11.6. The Morgan fingerprint density at radius 3 is 2.38 bits per heavy atom. The molecule has 0 aromatic heterocycles. The number of fused-ring (bicyclic) bond motifs is 1. The molecule has 1 unspecified atom stereocenters. The Bertz CT molecular complexity index is 1400. The molecule has 0 bridgehead atoms. The summed E-state index contributed by atoms with van der Waals surface area (Å²) < 4.78 is 25.5. The number of nitrogens with one attached hydrogen (secondary N) is 1. The summed E-state index contributed by atoms with van der Waals surface area (Å²) in [6.07, 6.45) is -0.331. The Morgan fingerprint density at radius 1 is 0.865 bits per heavy atom. The Morgan fingerprint density at radius 2 is 1.62 bits per heavy atom. The van der Waals surface area contributed by atoms with Gasteiger partial charge in [-0.25, -0.2) is 9.18 Å². The zero-order chi connectivity index (χ0) is 26.5. The third kappa shape index (κ3) is 6.17. The highest BCUT2D eigenvalue weighted by Crippen LogP contribution is 2.34. The molecular formula is C32H34FNO3. The van der Waals surface area contributed by atoms with Crippen LogP contribution in [0.1, 0.15) is 68.2 Å². The summed E-state index contributed by atoms with van der Waals surface area (Å²) in [5.41, 5.74) is 3.88. The summed E-state index contributed by atoms with van der Waals surface area (Å²) in [5.74, 6) is -0.390. The van der Waals surface area contributed by atoms with Crippen LogP contribution in [0.4, 0.5) is 4.39 Å². The molecular weight excluding hydrogens is 465 g/mol. The van der Waals surface area contributed by atoms with E-state index < -0.39 is 11.8 Å². The van der Waals surface area contributed by atoms with Gasteiger partial charge in [-0.05, 0) is 104 Å². The lowest BCUT2D eigenvalue weighted by atomic mass is 9.92. The number of carbonyl (C=O) groups is 1. The summed E-state index contributed by atoms with van der Waals surface area (Å²) in [4.78, 5) is 12.5. The van der Waals surface area contributed by atoms with Gasteiger partial charge in [0.2, 0.25) is 0 Å². The molecule has 0 fully saturated rings. The predicted octanol–water partition coefficient (Wildman–Crippen LogP) is 8.02. The van der Waals surface area contributed by atoms with E-state index in [1.54, 1.807) is 26.0 Å². The highest BCUT2D eigenvalue weighted by atomic mass is 19.1. The first-order valence-corrected chi connectivity index (χ1v) is 12.8. The molecule has 0 radical (unpaired) electrons. The second-order valence-corrected chi connectivity index (χ2v) is 9.55. The molecule has 4 aromatic carbocycles. The first-order chi connectivity index (χ1) is 17.8. The molecule has 1 N–H and O–H groups in total. The quantitative estimate of drug-likeness (QED) is 0.237. The molecule has 0 heterocycles. The first-order valence-electron chi connectivity index (χ1n) is 12.8. The van der Waals surface area contributed by atoms with Crippen LogP contribution >= 0.6 is 0 Å².